The molecular formula is C10H17NO3. The number of hydrogen-bond donors (Lipinski definition) is 2. The predicted molar refractivity (Wildman–Crippen MR) is 51.0 cm³/mol. The number of aliphatic hydroxyl groups is 1. The average molecular weight is 199 g/mol. The molecule has 2 aliphatic rings. The van der Waals surface area contributed by atoms with Gasteiger partial charge in [-0.3, -0.25) is 4.79 Å². The van der Waals surface area contributed by atoms with Crippen molar-refractivity contribution in [1.82, 2.24) is 4.90 Å². The number of piperidine rings is 1. The Balaban J connectivity index is 1.98. The molecule has 0 aromatic heterocycles. The van der Waals surface area contributed by atoms with Gasteiger partial charge in [0.05, 0.1) is 12.0 Å². The van der Waals surface area contributed by atoms with Crippen molar-refractivity contribution >= 4 is 5.97 Å². The highest BCUT2D eigenvalue weighted by atomic mass is 16.4. The second kappa shape index (κ2) is 3.51. The first-order valence-electron chi connectivity index (χ1n) is 5.27. The number of hydrogen-bond acceptors (Lipinski definition) is 3. The molecule has 2 aliphatic heterocycles. The molecule has 0 aromatic carbocycles. The Kier molecular flexibility index (Phi) is 2.49. The predicted octanol–water partition coefficient (Wildman–Crippen LogP) is 0.450. The largest absolute Gasteiger partial charge is 0.481 e. The highest BCUT2D eigenvalue weighted by molar-refractivity contribution is 5.68. The lowest BCUT2D eigenvalue weighted by atomic mass is 9.84. The van der Waals surface area contributed by atoms with Crippen molar-refractivity contribution in [1.29, 1.82) is 0 Å². The van der Waals surface area contributed by atoms with Crippen LogP contribution in [0, 0.1) is 0 Å². The Labute approximate surface area is 83.5 Å². The van der Waals surface area contributed by atoms with Gasteiger partial charge >= 0.3 is 5.97 Å². The number of nitrogens with zero attached hydrogens (tertiary/aromatic N) is 1. The van der Waals surface area contributed by atoms with E-state index in [9.17, 15) is 9.90 Å². The summed E-state index contributed by atoms with van der Waals surface area (Å²) >= 11 is 0. The fourth-order valence-electron chi connectivity index (χ4n) is 2.76. The first-order chi connectivity index (χ1) is 6.59. The van der Waals surface area contributed by atoms with Gasteiger partial charge < -0.3 is 15.1 Å². The summed E-state index contributed by atoms with van der Waals surface area (Å²) in [6.45, 7) is 1.97. The molecular weight excluding hydrogens is 182 g/mol. The van der Waals surface area contributed by atoms with Crippen LogP contribution in [-0.2, 0) is 4.79 Å². The van der Waals surface area contributed by atoms with Gasteiger partial charge in [-0.2, -0.15) is 0 Å². The van der Waals surface area contributed by atoms with Gasteiger partial charge in [-0.25, -0.2) is 0 Å². The molecule has 0 aliphatic carbocycles. The number of rotatable bonds is 2. The van der Waals surface area contributed by atoms with Gasteiger partial charge in [0.1, 0.15) is 0 Å². The highest BCUT2D eigenvalue weighted by Crippen LogP contribution is 2.34. The summed E-state index contributed by atoms with van der Waals surface area (Å²) in [6.07, 6.45) is 3.45. The van der Waals surface area contributed by atoms with Crippen LogP contribution in [0.3, 0.4) is 0 Å². The number of carbonyl (C=O) groups is 1. The quantitative estimate of drug-likeness (QED) is 0.678. The minimum absolute atomic E-state index is 0.0999. The first-order valence-corrected chi connectivity index (χ1v) is 5.27. The Morgan fingerprint density at radius 3 is 3.00 bits per heavy atom. The maximum atomic E-state index is 10.6. The van der Waals surface area contributed by atoms with E-state index in [1.165, 1.54) is 6.42 Å². The van der Waals surface area contributed by atoms with E-state index >= 15 is 0 Å². The van der Waals surface area contributed by atoms with Gasteiger partial charge in [0, 0.05) is 12.6 Å². The lowest BCUT2D eigenvalue weighted by molar-refractivity contribution is -0.145. The summed E-state index contributed by atoms with van der Waals surface area (Å²) in [5.41, 5.74) is -0.947. The zero-order chi connectivity index (χ0) is 10.2. The Morgan fingerprint density at radius 1 is 1.50 bits per heavy atom. The SMILES string of the molecule is O=C(O)CC1(O)CCN2CCCC2C1. The standard InChI is InChI=1S/C10H17NO3/c12-9(13)7-10(14)3-5-11-4-1-2-8(11)6-10/h8,14H,1-7H2,(H,12,13). The molecule has 0 spiro atoms. The summed E-state index contributed by atoms with van der Waals surface area (Å²) in [5, 5.41) is 18.8. The number of aliphatic carboxylic acids is 1. The Hall–Kier alpha value is -0.610. The van der Waals surface area contributed by atoms with E-state index in [4.69, 9.17) is 5.11 Å². The lowest BCUT2D eigenvalue weighted by Gasteiger charge is -2.40. The Morgan fingerprint density at radius 2 is 2.29 bits per heavy atom. The second-order valence-electron chi connectivity index (χ2n) is 4.58. The minimum Gasteiger partial charge on any atom is -0.481 e. The van der Waals surface area contributed by atoms with Gasteiger partial charge in [0.25, 0.3) is 0 Å². The van der Waals surface area contributed by atoms with E-state index in [1.54, 1.807) is 0 Å². The third-order valence-corrected chi connectivity index (χ3v) is 3.46. The zero-order valence-corrected chi connectivity index (χ0v) is 8.28. The van der Waals surface area contributed by atoms with Gasteiger partial charge in [-0.15, -0.1) is 0 Å². The van der Waals surface area contributed by atoms with Crippen LogP contribution in [0.2, 0.25) is 0 Å². The van der Waals surface area contributed by atoms with E-state index in [0.717, 1.165) is 19.5 Å². The average Bonchev–Trinajstić information content (AvgIpc) is 2.48. The highest BCUT2D eigenvalue weighted by Gasteiger charge is 2.41. The molecule has 4 nitrogen and oxygen atoms in total. The topological polar surface area (TPSA) is 60.8 Å². The lowest BCUT2D eigenvalue weighted by Crippen LogP contribution is -2.48. The molecule has 2 N–H and O–H groups in total. The molecule has 80 valence electrons. The molecule has 2 saturated heterocycles. The summed E-state index contributed by atoms with van der Waals surface area (Å²) in [5.74, 6) is -0.890. The van der Waals surface area contributed by atoms with Crippen molar-refractivity contribution in [2.24, 2.45) is 0 Å². The number of fused-ring (bicyclic) bond motifs is 1. The summed E-state index contributed by atoms with van der Waals surface area (Å²) < 4.78 is 0. The summed E-state index contributed by atoms with van der Waals surface area (Å²) in [6, 6.07) is 0.424. The normalized spacial score (nSPS) is 38.2. The molecule has 4 heteroatoms. The minimum atomic E-state index is -0.947. The van der Waals surface area contributed by atoms with Gasteiger partial charge in [0.15, 0.2) is 0 Å². The van der Waals surface area contributed by atoms with Crippen molar-refractivity contribution in [3.05, 3.63) is 0 Å². The molecule has 2 fully saturated rings. The van der Waals surface area contributed by atoms with Crippen LogP contribution < -0.4 is 0 Å². The van der Waals surface area contributed by atoms with Crippen molar-refractivity contribution in [2.45, 2.75) is 43.7 Å². The van der Waals surface area contributed by atoms with Gasteiger partial charge in [0.2, 0.25) is 0 Å². The summed E-state index contributed by atoms with van der Waals surface area (Å²) in [7, 11) is 0. The monoisotopic (exact) mass is 199 g/mol. The van der Waals surface area contributed by atoms with Crippen LogP contribution in [0.1, 0.15) is 32.1 Å². The van der Waals surface area contributed by atoms with Crippen molar-refractivity contribution < 1.29 is 15.0 Å². The molecule has 0 radical (unpaired) electrons. The molecule has 0 bridgehead atoms. The molecule has 2 rings (SSSR count). The van der Waals surface area contributed by atoms with Gasteiger partial charge in [-0.1, -0.05) is 0 Å². The second-order valence-corrected chi connectivity index (χ2v) is 4.58. The van der Waals surface area contributed by atoms with Crippen LogP contribution in [0.5, 0.6) is 0 Å². The van der Waals surface area contributed by atoms with Crippen LogP contribution >= 0.6 is 0 Å². The van der Waals surface area contributed by atoms with Crippen LogP contribution in [0.15, 0.2) is 0 Å². The molecule has 2 heterocycles. The van der Waals surface area contributed by atoms with Gasteiger partial charge in [-0.05, 0) is 32.2 Å². The van der Waals surface area contributed by atoms with Crippen molar-refractivity contribution in [3.63, 3.8) is 0 Å². The first kappa shape index (κ1) is 9.93. The van der Waals surface area contributed by atoms with E-state index in [-0.39, 0.29) is 6.42 Å². The third-order valence-electron chi connectivity index (χ3n) is 3.46. The third kappa shape index (κ3) is 1.91. The molecule has 2 unspecified atom stereocenters. The maximum Gasteiger partial charge on any atom is 0.306 e. The zero-order valence-electron chi connectivity index (χ0n) is 8.28. The molecule has 0 aromatic rings. The number of carboxylic acids is 1. The van der Waals surface area contributed by atoms with Crippen LogP contribution in [0.4, 0.5) is 0 Å². The van der Waals surface area contributed by atoms with E-state index in [2.05, 4.69) is 4.90 Å². The molecule has 0 amide bonds. The smallest absolute Gasteiger partial charge is 0.306 e. The fourth-order valence-corrected chi connectivity index (χ4v) is 2.76. The fraction of sp³-hybridized carbons (Fsp3) is 0.900. The maximum absolute atomic E-state index is 10.6. The van der Waals surface area contributed by atoms with Crippen molar-refractivity contribution in [2.75, 3.05) is 13.1 Å². The molecule has 0 saturated carbocycles. The van der Waals surface area contributed by atoms with Crippen LogP contribution in [0.25, 0.3) is 0 Å². The van der Waals surface area contributed by atoms with Crippen LogP contribution in [-0.4, -0.2) is 45.8 Å². The Bertz CT molecular complexity index is 244. The van der Waals surface area contributed by atoms with E-state index in [1.807, 2.05) is 0 Å². The molecule has 2 atom stereocenters. The number of carboxylic acid groups (broad SMARTS) is 1. The van der Waals surface area contributed by atoms with E-state index in [0.29, 0.717) is 18.9 Å². The van der Waals surface area contributed by atoms with E-state index < -0.39 is 11.6 Å². The summed E-state index contributed by atoms with van der Waals surface area (Å²) in [4.78, 5) is 13.0. The molecule has 14 heavy (non-hydrogen) atoms. The van der Waals surface area contributed by atoms with Crippen molar-refractivity contribution in [3.8, 4) is 0 Å².